The van der Waals surface area contributed by atoms with E-state index >= 15 is 0 Å². The minimum absolute atomic E-state index is 0.436. The monoisotopic (exact) mass is 206 g/mol. The van der Waals surface area contributed by atoms with E-state index in [1.807, 2.05) is 26.0 Å². The van der Waals surface area contributed by atoms with Crippen LogP contribution in [0, 0.1) is 6.92 Å². The molecule has 0 heterocycles. The first-order valence-electron chi connectivity index (χ1n) is 4.79. The molecule has 0 radical (unpaired) electrons. The SMILES string of the molecule is CCOC=CC(=O)Oc1cccc(C)c1. The molecule has 0 aliphatic carbocycles. The molecule has 15 heavy (non-hydrogen) atoms. The molecule has 0 fully saturated rings. The number of benzene rings is 1. The molecule has 1 aromatic carbocycles. The molecule has 0 unspecified atom stereocenters. The summed E-state index contributed by atoms with van der Waals surface area (Å²) in [6.45, 7) is 4.32. The number of rotatable bonds is 4. The smallest absolute Gasteiger partial charge is 0.339 e. The lowest BCUT2D eigenvalue weighted by molar-refractivity contribution is -0.129. The topological polar surface area (TPSA) is 35.5 Å². The van der Waals surface area contributed by atoms with Gasteiger partial charge >= 0.3 is 5.97 Å². The minimum Gasteiger partial charge on any atom is -0.501 e. The first-order chi connectivity index (χ1) is 7.22. The Morgan fingerprint density at radius 1 is 1.47 bits per heavy atom. The van der Waals surface area contributed by atoms with Crippen LogP contribution in [0.25, 0.3) is 0 Å². The summed E-state index contributed by atoms with van der Waals surface area (Å²) in [5.41, 5.74) is 1.05. The number of carbonyl (C=O) groups excluding carboxylic acids is 1. The maximum Gasteiger partial charge on any atom is 0.339 e. The van der Waals surface area contributed by atoms with E-state index in [0.29, 0.717) is 12.4 Å². The van der Waals surface area contributed by atoms with Gasteiger partial charge in [0.25, 0.3) is 0 Å². The molecule has 0 aliphatic rings. The van der Waals surface area contributed by atoms with Gasteiger partial charge < -0.3 is 9.47 Å². The predicted octanol–water partition coefficient (Wildman–Crippen LogP) is 2.45. The second-order valence-corrected chi connectivity index (χ2v) is 3.00. The summed E-state index contributed by atoms with van der Waals surface area (Å²) in [7, 11) is 0. The first kappa shape index (κ1) is 11.3. The van der Waals surface area contributed by atoms with Gasteiger partial charge in [0, 0.05) is 0 Å². The Hall–Kier alpha value is -1.77. The van der Waals surface area contributed by atoms with E-state index in [1.54, 1.807) is 12.1 Å². The number of hydrogen-bond acceptors (Lipinski definition) is 3. The number of hydrogen-bond donors (Lipinski definition) is 0. The predicted molar refractivity (Wildman–Crippen MR) is 57.6 cm³/mol. The maximum atomic E-state index is 11.2. The highest BCUT2D eigenvalue weighted by Crippen LogP contribution is 2.12. The Labute approximate surface area is 89.3 Å². The fourth-order valence-corrected chi connectivity index (χ4v) is 1.03. The van der Waals surface area contributed by atoms with Crippen LogP contribution in [0.2, 0.25) is 0 Å². The quantitative estimate of drug-likeness (QED) is 0.328. The van der Waals surface area contributed by atoms with Crippen molar-refractivity contribution in [1.82, 2.24) is 0 Å². The van der Waals surface area contributed by atoms with Crippen molar-refractivity contribution in [3.63, 3.8) is 0 Å². The fourth-order valence-electron chi connectivity index (χ4n) is 1.03. The molecule has 0 atom stereocenters. The van der Waals surface area contributed by atoms with Crippen LogP contribution >= 0.6 is 0 Å². The largest absolute Gasteiger partial charge is 0.501 e. The summed E-state index contributed by atoms with van der Waals surface area (Å²) in [5.74, 6) is 0.107. The zero-order chi connectivity index (χ0) is 11.1. The molecule has 0 saturated carbocycles. The zero-order valence-electron chi connectivity index (χ0n) is 8.90. The lowest BCUT2D eigenvalue weighted by Crippen LogP contribution is -2.03. The van der Waals surface area contributed by atoms with Crippen LogP contribution < -0.4 is 4.74 Å². The fraction of sp³-hybridized carbons (Fsp3) is 0.250. The molecule has 80 valence electrons. The van der Waals surface area contributed by atoms with Crippen molar-refractivity contribution < 1.29 is 14.3 Å². The van der Waals surface area contributed by atoms with Crippen LogP contribution in [0.5, 0.6) is 5.75 Å². The van der Waals surface area contributed by atoms with E-state index in [-0.39, 0.29) is 0 Å². The van der Waals surface area contributed by atoms with Crippen LogP contribution in [0.3, 0.4) is 0 Å². The van der Waals surface area contributed by atoms with Gasteiger partial charge in [-0.05, 0) is 31.5 Å². The standard InChI is InChI=1S/C12H14O3/c1-3-14-8-7-12(13)15-11-6-4-5-10(2)9-11/h4-9H,3H2,1-2H3. The highest BCUT2D eigenvalue weighted by Gasteiger charge is 1.99. The molecular formula is C12H14O3. The van der Waals surface area contributed by atoms with E-state index in [2.05, 4.69) is 0 Å². The molecule has 0 N–H and O–H groups in total. The normalized spacial score (nSPS) is 10.3. The van der Waals surface area contributed by atoms with Crippen molar-refractivity contribution >= 4 is 5.97 Å². The number of ether oxygens (including phenoxy) is 2. The van der Waals surface area contributed by atoms with Crippen LogP contribution in [0.15, 0.2) is 36.6 Å². The third-order valence-electron chi connectivity index (χ3n) is 1.67. The molecule has 3 heteroatoms. The molecule has 0 aromatic heterocycles. The van der Waals surface area contributed by atoms with Crippen LogP contribution in [-0.4, -0.2) is 12.6 Å². The van der Waals surface area contributed by atoms with Crippen molar-refractivity contribution in [2.45, 2.75) is 13.8 Å². The lowest BCUT2D eigenvalue weighted by Gasteiger charge is -2.01. The summed E-state index contributed by atoms with van der Waals surface area (Å²) < 4.78 is 9.92. The number of carbonyl (C=O) groups is 1. The molecule has 0 bridgehead atoms. The van der Waals surface area contributed by atoms with Gasteiger partial charge in [-0.1, -0.05) is 12.1 Å². The van der Waals surface area contributed by atoms with E-state index in [9.17, 15) is 4.79 Å². The molecule has 0 amide bonds. The van der Waals surface area contributed by atoms with Gasteiger partial charge in [0.05, 0.1) is 18.9 Å². The van der Waals surface area contributed by atoms with Gasteiger partial charge in [-0.2, -0.15) is 0 Å². The van der Waals surface area contributed by atoms with Crippen molar-refractivity contribution in [3.8, 4) is 5.75 Å². The van der Waals surface area contributed by atoms with Crippen molar-refractivity contribution in [1.29, 1.82) is 0 Å². The molecule has 3 nitrogen and oxygen atoms in total. The van der Waals surface area contributed by atoms with Crippen molar-refractivity contribution in [3.05, 3.63) is 42.2 Å². The molecule has 0 spiro atoms. The van der Waals surface area contributed by atoms with Gasteiger partial charge in [0.2, 0.25) is 0 Å². The Morgan fingerprint density at radius 3 is 2.93 bits per heavy atom. The summed E-state index contributed by atoms with van der Waals surface area (Å²) >= 11 is 0. The molecule has 1 aromatic rings. The van der Waals surface area contributed by atoms with Crippen LogP contribution in [-0.2, 0) is 9.53 Å². The third-order valence-corrected chi connectivity index (χ3v) is 1.67. The summed E-state index contributed by atoms with van der Waals surface area (Å²) in [5, 5.41) is 0. The summed E-state index contributed by atoms with van der Waals surface area (Å²) in [4.78, 5) is 11.2. The van der Waals surface area contributed by atoms with Gasteiger partial charge in [0.1, 0.15) is 5.75 Å². The molecule has 0 aliphatic heterocycles. The average molecular weight is 206 g/mol. The highest BCUT2D eigenvalue weighted by molar-refractivity contribution is 5.83. The number of aryl methyl sites for hydroxylation is 1. The number of esters is 1. The minimum atomic E-state index is -0.436. The van der Waals surface area contributed by atoms with E-state index < -0.39 is 5.97 Å². The van der Waals surface area contributed by atoms with Crippen molar-refractivity contribution in [2.24, 2.45) is 0 Å². The maximum absolute atomic E-state index is 11.2. The van der Waals surface area contributed by atoms with Gasteiger partial charge in [-0.25, -0.2) is 4.79 Å². The Bertz CT molecular complexity index is 356. The average Bonchev–Trinajstić information content (AvgIpc) is 2.18. The van der Waals surface area contributed by atoms with Crippen LogP contribution in [0.1, 0.15) is 12.5 Å². The molecular weight excluding hydrogens is 192 g/mol. The Balaban J connectivity index is 2.51. The first-order valence-corrected chi connectivity index (χ1v) is 4.79. The molecule has 0 saturated heterocycles. The van der Waals surface area contributed by atoms with E-state index in [4.69, 9.17) is 9.47 Å². The molecule has 1 rings (SSSR count). The second-order valence-electron chi connectivity index (χ2n) is 3.00. The van der Waals surface area contributed by atoms with E-state index in [1.165, 1.54) is 12.3 Å². The van der Waals surface area contributed by atoms with Gasteiger partial charge in [-0.3, -0.25) is 0 Å². The van der Waals surface area contributed by atoms with Crippen molar-refractivity contribution in [2.75, 3.05) is 6.61 Å². The lowest BCUT2D eigenvalue weighted by atomic mass is 10.2. The third kappa shape index (κ3) is 4.31. The Morgan fingerprint density at radius 2 is 2.27 bits per heavy atom. The van der Waals surface area contributed by atoms with Gasteiger partial charge in [-0.15, -0.1) is 0 Å². The summed E-state index contributed by atoms with van der Waals surface area (Å²) in [6, 6.07) is 7.31. The van der Waals surface area contributed by atoms with E-state index in [0.717, 1.165) is 5.56 Å². The second kappa shape index (κ2) is 5.86. The van der Waals surface area contributed by atoms with Gasteiger partial charge in [0.15, 0.2) is 0 Å². The van der Waals surface area contributed by atoms with Crippen LogP contribution in [0.4, 0.5) is 0 Å². The summed E-state index contributed by atoms with van der Waals surface area (Å²) in [6.07, 6.45) is 2.59. The zero-order valence-corrected chi connectivity index (χ0v) is 8.90. The highest BCUT2D eigenvalue weighted by atomic mass is 16.5. The Kier molecular flexibility index (Phi) is 4.41.